The van der Waals surface area contributed by atoms with Crippen molar-refractivity contribution in [1.29, 1.82) is 0 Å². The Bertz CT molecular complexity index is 1150. The molecule has 7 heteroatoms. The first-order valence-corrected chi connectivity index (χ1v) is 13.9. The molecule has 0 bridgehead atoms. The van der Waals surface area contributed by atoms with Crippen LogP contribution in [0.2, 0.25) is 0 Å². The van der Waals surface area contributed by atoms with Crippen LogP contribution < -0.4 is 4.18 Å². The van der Waals surface area contributed by atoms with Crippen molar-refractivity contribution in [2.75, 3.05) is 0 Å². The number of fused-ring (bicyclic) bond motifs is 5. The molecule has 0 amide bonds. The van der Waals surface area contributed by atoms with Crippen molar-refractivity contribution in [3.63, 3.8) is 0 Å². The van der Waals surface area contributed by atoms with Gasteiger partial charge in [0.2, 0.25) is 0 Å². The van der Waals surface area contributed by atoms with Gasteiger partial charge in [-0.25, -0.2) is 0 Å². The van der Waals surface area contributed by atoms with E-state index < -0.39 is 10.1 Å². The molecule has 2 saturated carbocycles. The van der Waals surface area contributed by atoms with Gasteiger partial charge in [-0.2, -0.15) is 8.42 Å². The van der Waals surface area contributed by atoms with Crippen molar-refractivity contribution in [3.05, 3.63) is 53.1 Å². The van der Waals surface area contributed by atoms with E-state index >= 15 is 0 Å². The van der Waals surface area contributed by atoms with E-state index in [1.165, 1.54) is 12.1 Å². The first-order valence-electron chi connectivity index (χ1n) is 11.4. The van der Waals surface area contributed by atoms with Crippen LogP contribution in [0.25, 0.3) is 0 Å². The van der Waals surface area contributed by atoms with E-state index in [0.717, 1.165) is 55.2 Å². The lowest BCUT2D eigenvalue weighted by molar-refractivity contribution is -0.0228. The summed E-state index contributed by atoms with van der Waals surface area (Å²) in [6.45, 7) is 2.22. The lowest BCUT2D eigenvalue weighted by atomic mass is 9.55. The van der Waals surface area contributed by atoms with E-state index in [0.29, 0.717) is 17.2 Å². The molecule has 3 aliphatic carbocycles. The third kappa shape index (κ3) is 3.57. The molecule has 0 heterocycles. The van der Waals surface area contributed by atoms with E-state index in [-0.39, 0.29) is 33.8 Å². The lowest BCUT2D eigenvalue weighted by Gasteiger charge is -2.50. The van der Waals surface area contributed by atoms with E-state index in [9.17, 15) is 18.6 Å². The first kappa shape index (κ1) is 22.2. The summed E-state index contributed by atoms with van der Waals surface area (Å²) in [4.78, 5) is 0.106. The smallest absolute Gasteiger partial charge is 0.339 e. The van der Waals surface area contributed by atoms with E-state index in [4.69, 9.17) is 4.18 Å². The number of hydrogen-bond donors (Lipinski definition) is 2. The SMILES string of the molecule is C[C@]12CC[C@@H]3c4c(cc(O)cc4OS(=O)(=O)c4cccc(CBr)c4)CC[C@@H]3[C@@H]1CC[C@@H]2O. The Labute approximate surface area is 198 Å². The number of rotatable bonds is 4. The molecule has 2 fully saturated rings. The van der Waals surface area contributed by atoms with Gasteiger partial charge in [0.25, 0.3) is 0 Å². The molecule has 172 valence electrons. The molecule has 2 aromatic rings. The van der Waals surface area contributed by atoms with E-state index in [2.05, 4.69) is 22.9 Å². The van der Waals surface area contributed by atoms with Gasteiger partial charge in [0, 0.05) is 17.0 Å². The topological polar surface area (TPSA) is 83.8 Å². The van der Waals surface area contributed by atoms with Gasteiger partial charge < -0.3 is 14.4 Å². The Hall–Kier alpha value is -1.57. The number of aliphatic hydroxyl groups excluding tert-OH is 1. The van der Waals surface area contributed by atoms with Crippen LogP contribution in [0.5, 0.6) is 11.5 Å². The second-order valence-corrected chi connectivity index (χ2v) is 12.0. The maximum Gasteiger partial charge on any atom is 0.339 e. The minimum Gasteiger partial charge on any atom is -0.508 e. The summed E-state index contributed by atoms with van der Waals surface area (Å²) in [6, 6.07) is 9.90. The van der Waals surface area contributed by atoms with Gasteiger partial charge in [-0.05, 0) is 91.0 Å². The van der Waals surface area contributed by atoms with Gasteiger partial charge in [0.1, 0.15) is 16.4 Å². The fourth-order valence-corrected chi connectivity index (χ4v) is 8.02. The fraction of sp³-hybridized carbons (Fsp3) is 0.520. The molecule has 0 aliphatic heterocycles. The average Bonchev–Trinajstić information content (AvgIpc) is 3.07. The second-order valence-electron chi connectivity index (χ2n) is 9.89. The van der Waals surface area contributed by atoms with Crippen LogP contribution in [0, 0.1) is 17.3 Å². The standard InChI is InChI=1S/C25H29BrO5S/c1-25-10-9-20-19(21(25)7-8-23(25)28)6-5-16-12-17(27)13-22(24(16)20)31-32(29,30)18-4-2-3-15(11-18)14-26/h2-4,11-13,19-21,23,27-28H,5-10,14H2,1H3/t19-,20-,21-,23-,25-/m0/s1. The molecule has 2 aromatic carbocycles. The Morgan fingerprint density at radius 1 is 1.16 bits per heavy atom. The number of hydrogen-bond acceptors (Lipinski definition) is 5. The van der Waals surface area contributed by atoms with Crippen LogP contribution >= 0.6 is 15.9 Å². The highest BCUT2D eigenvalue weighted by molar-refractivity contribution is 9.08. The van der Waals surface area contributed by atoms with Gasteiger partial charge in [-0.15, -0.1) is 0 Å². The molecular formula is C25H29BrO5S. The molecule has 2 N–H and O–H groups in total. The maximum absolute atomic E-state index is 13.2. The number of alkyl halides is 1. The largest absolute Gasteiger partial charge is 0.508 e. The molecule has 0 spiro atoms. The summed E-state index contributed by atoms with van der Waals surface area (Å²) in [5.41, 5.74) is 2.70. The third-order valence-electron chi connectivity index (χ3n) is 8.26. The van der Waals surface area contributed by atoms with Crippen molar-refractivity contribution in [3.8, 4) is 11.5 Å². The molecule has 0 saturated heterocycles. The van der Waals surface area contributed by atoms with Gasteiger partial charge in [-0.3, -0.25) is 0 Å². The zero-order valence-corrected chi connectivity index (χ0v) is 20.5. The quantitative estimate of drug-likeness (QED) is 0.423. The van der Waals surface area contributed by atoms with Crippen molar-refractivity contribution in [2.24, 2.45) is 17.3 Å². The minimum absolute atomic E-state index is 0.0264. The van der Waals surface area contributed by atoms with Crippen molar-refractivity contribution < 1.29 is 22.8 Å². The van der Waals surface area contributed by atoms with Gasteiger partial charge in [0.05, 0.1) is 6.10 Å². The Morgan fingerprint density at radius 3 is 2.75 bits per heavy atom. The number of aromatic hydroxyl groups is 1. The number of phenolic OH excluding ortho intramolecular Hbond substituents is 1. The van der Waals surface area contributed by atoms with Crippen molar-refractivity contribution >= 4 is 26.0 Å². The van der Waals surface area contributed by atoms with Crippen molar-refractivity contribution in [2.45, 2.75) is 67.7 Å². The molecule has 0 unspecified atom stereocenters. The number of halogens is 1. The molecule has 0 aromatic heterocycles. The lowest BCUT2D eigenvalue weighted by Crippen LogP contribution is -2.44. The highest BCUT2D eigenvalue weighted by atomic mass is 79.9. The first-order chi connectivity index (χ1) is 15.2. The Kier molecular flexibility index (Phi) is 5.58. The predicted octanol–water partition coefficient (Wildman–Crippen LogP) is 5.27. The van der Waals surface area contributed by atoms with Gasteiger partial charge in [-0.1, -0.05) is 35.0 Å². The minimum atomic E-state index is -4.04. The maximum atomic E-state index is 13.2. The number of aliphatic hydroxyl groups is 1. The molecule has 32 heavy (non-hydrogen) atoms. The van der Waals surface area contributed by atoms with Gasteiger partial charge in [0.15, 0.2) is 0 Å². The molecule has 5 atom stereocenters. The average molecular weight is 521 g/mol. The highest BCUT2D eigenvalue weighted by Gasteiger charge is 2.55. The molecule has 3 aliphatic rings. The highest BCUT2D eigenvalue weighted by Crippen LogP contribution is 2.62. The van der Waals surface area contributed by atoms with Gasteiger partial charge >= 0.3 is 10.1 Å². The number of phenols is 1. The fourth-order valence-electron chi connectivity index (χ4n) is 6.66. The summed E-state index contributed by atoms with van der Waals surface area (Å²) < 4.78 is 32.0. The van der Waals surface area contributed by atoms with E-state index in [1.807, 2.05) is 6.07 Å². The summed E-state index contributed by atoms with van der Waals surface area (Å²) in [5, 5.41) is 21.5. The molecule has 5 nitrogen and oxygen atoms in total. The molecular weight excluding hydrogens is 492 g/mol. The number of aryl methyl sites for hydroxylation is 1. The van der Waals surface area contributed by atoms with Crippen LogP contribution in [0.4, 0.5) is 0 Å². The Morgan fingerprint density at radius 2 is 1.97 bits per heavy atom. The predicted molar refractivity (Wildman–Crippen MR) is 126 cm³/mol. The zero-order valence-electron chi connectivity index (χ0n) is 18.1. The van der Waals surface area contributed by atoms with Crippen LogP contribution in [0.15, 0.2) is 41.3 Å². The van der Waals surface area contributed by atoms with E-state index in [1.54, 1.807) is 18.2 Å². The van der Waals surface area contributed by atoms with Crippen molar-refractivity contribution in [1.82, 2.24) is 0 Å². The van der Waals surface area contributed by atoms with Crippen LogP contribution in [0.1, 0.15) is 61.6 Å². The van der Waals surface area contributed by atoms with Crippen LogP contribution in [-0.4, -0.2) is 24.7 Å². The normalized spacial score (nSPS) is 31.5. The number of benzene rings is 2. The summed E-state index contributed by atoms with van der Waals surface area (Å²) in [7, 11) is -4.04. The second kappa shape index (κ2) is 8.03. The third-order valence-corrected chi connectivity index (χ3v) is 10.1. The summed E-state index contributed by atoms with van der Waals surface area (Å²) in [6.07, 6.45) is 5.18. The van der Waals surface area contributed by atoms with Crippen LogP contribution in [-0.2, 0) is 21.9 Å². The monoisotopic (exact) mass is 520 g/mol. The summed E-state index contributed by atoms with van der Waals surface area (Å²) >= 11 is 3.37. The molecule has 0 radical (unpaired) electrons. The van der Waals surface area contributed by atoms with Crippen LogP contribution in [0.3, 0.4) is 0 Å². The zero-order chi connectivity index (χ0) is 22.7. The Balaban J connectivity index is 1.53. The summed E-state index contributed by atoms with van der Waals surface area (Å²) in [5.74, 6) is 1.28. The molecule has 5 rings (SSSR count).